The Kier molecular flexibility index (Phi) is 6.22. The van der Waals surface area contributed by atoms with Gasteiger partial charge in [-0.15, -0.1) is 11.3 Å². The minimum absolute atomic E-state index is 0.438. The molecule has 1 fully saturated rings. The normalized spacial score (nSPS) is 15.8. The summed E-state index contributed by atoms with van der Waals surface area (Å²) in [7, 11) is -3.32. The molecule has 120 valence electrons. The second-order valence-electron chi connectivity index (χ2n) is 6.13. The summed E-state index contributed by atoms with van der Waals surface area (Å²) in [5, 5.41) is 3.45. The summed E-state index contributed by atoms with van der Waals surface area (Å²) in [6, 6.07) is 4.36. The van der Waals surface area contributed by atoms with Crippen molar-refractivity contribution in [2.24, 2.45) is 5.92 Å². The summed E-state index contributed by atoms with van der Waals surface area (Å²) in [5.41, 5.74) is 0. The standard InChI is InChI=1S/C15H26N2O2S2/c1-12(2)4-3-10-17-21(18,19)15-8-7-14(20-15)9-11-16-13-5-6-13/h7-8,12-13,16-17H,3-6,9-11H2,1-2H3. The second-order valence-corrected chi connectivity index (χ2v) is 9.30. The Morgan fingerprint density at radius 1 is 1.29 bits per heavy atom. The second kappa shape index (κ2) is 7.72. The first-order chi connectivity index (χ1) is 9.97. The third kappa shape index (κ3) is 6.06. The smallest absolute Gasteiger partial charge is 0.250 e. The Morgan fingerprint density at radius 2 is 2.05 bits per heavy atom. The van der Waals surface area contributed by atoms with Crippen molar-refractivity contribution in [2.45, 2.75) is 56.2 Å². The first-order valence-corrected chi connectivity index (χ1v) is 10.1. The number of sulfonamides is 1. The zero-order chi connectivity index (χ0) is 15.3. The Labute approximate surface area is 132 Å². The molecule has 1 aliphatic carbocycles. The Balaban J connectivity index is 1.77. The highest BCUT2D eigenvalue weighted by Crippen LogP contribution is 2.23. The van der Waals surface area contributed by atoms with E-state index in [0.29, 0.717) is 22.7 Å². The van der Waals surface area contributed by atoms with Crippen LogP contribution in [-0.2, 0) is 16.4 Å². The lowest BCUT2D eigenvalue weighted by atomic mass is 10.1. The molecule has 0 aliphatic heterocycles. The molecule has 1 aromatic heterocycles. The molecule has 21 heavy (non-hydrogen) atoms. The monoisotopic (exact) mass is 330 g/mol. The molecule has 1 heterocycles. The highest BCUT2D eigenvalue weighted by Gasteiger charge is 2.20. The van der Waals surface area contributed by atoms with E-state index < -0.39 is 10.0 Å². The maximum absolute atomic E-state index is 12.2. The lowest BCUT2D eigenvalue weighted by Gasteiger charge is -2.06. The average molecular weight is 331 g/mol. The molecule has 2 N–H and O–H groups in total. The van der Waals surface area contributed by atoms with Gasteiger partial charge in [-0.05, 0) is 50.2 Å². The highest BCUT2D eigenvalue weighted by atomic mass is 32.2. The van der Waals surface area contributed by atoms with Crippen LogP contribution in [0.3, 0.4) is 0 Å². The van der Waals surface area contributed by atoms with Crippen LogP contribution >= 0.6 is 11.3 Å². The van der Waals surface area contributed by atoms with Gasteiger partial charge >= 0.3 is 0 Å². The van der Waals surface area contributed by atoms with Crippen LogP contribution < -0.4 is 10.0 Å². The first-order valence-electron chi connectivity index (χ1n) is 7.79. The quantitative estimate of drug-likeness (QED) is 0.649. The van der Waals surface area contributed by atoms with Gasteiger partial charge in [0.1, 0.15) is 4.21 Å². The molecule has 1 aliphatic rings. The predicted octanol–water partition coefficient (Wildman–Crippen LogP) is 2.76. The van der Waals surface area contributed by atoms with Gasteiger partial charge in [0.2, 0.25) is 10.0 Å². The zero-order valence-electron chi connectivity index (χ0n) is 12.9. The number of rotatable bonds is 10. The fourth-order valence-corrected chi connectivity index (χ4v) is 4.59. The topological polar surface area (TPSA) is 58.2 Å². The van der Waals surface area contributed by atoms with Crippen molar-refractivity contribution in [3.05, 3.63) is 17.0 Å². The Hall–Kier alpha value is -0.430. The third-order valence-corrected chi connectivity index (χ3v) is 6.63. The lowest BCUT2D eigenvalue weighted by Crippen LogP contribution is -2.24. The summed E-state index contributed by atoms with van der Waals surface area (Å²) < 4.78 is 27.5. The number of hydrogen-bond donors (Lipinski definition) is 2. The number of hydrogen-bond acceptors (Lipinski definition) is 4. The summed E-state index contributed by atoms with van der Waals surface area (Å²) >= 11 is 1.39. The van der Waals surface area contributed by atoms with Crippen LogP contribution in [-0.4, -0.2) is 27.5 Å². The van der Waals surface area contributed by atoms with Gasteiger partial charge in [-0.25, -0.2) is 13.1 Å². The molecule has 0 radical (unpaired) electrons. The van der Waals surface area contributed by atoms with E-state index in [4.69, 9.17) is 0 Å². The fourth-order valence-electron chi connectivity index (χ4n) is 2.11. The molecule has 4 nitrogen and oxygen atoms in total. The summed E-state index contributed by atoms with van der Waals surface area (Å²) in [6.07, 6.45) is 5.41. The fraction of sp³-hybridized carbons (Fsp3) is 0.733. The van der Waals surface area contributed by atoms with Crippen molar-refractivity contribution in [2.75, 3.05) is 13.1 Å². The Morgan fingerprint density at radius 3 is 2.71 bits per heavy atom. The van der Waals surface area contributed by atoms with Crippen LogP contribution in [0.5, 0.6) is 0 Å². The molecule has 0 atom stereocenters. The minimum atomic E-state index is -3.32. The number of thiophene rings is 1. The molecule has 0 spiro atoms. The van der Waals surface area contributed by atoms with Gasteiger partial charge in [0, 0.05) is 24.0 Å². The van der Waals surface area contributed by atoms with Crippen molar-refractivity contribution in [3.8, 4) is 0 Å². The predicted molar refractivity (Wildman–Crippen MR) is 88.3 cm³/mol. The molecule has 0 unspecified atom stereocenters. The molecule has 0 saturated heterocycles. The first kappa shape index (κ1) is 16.9. The van der Waals surface area contributed by atoms with Crippen molar-refractivity contribution < 1.29 is 8.42 Å². The van der Waals surface area contributed by atoms with Crippen LogP contribution in [0, 0.1) is 5.92 Å². The molecule has 1 aromatic rings. The van der Waals surface area contributed by atoms with Gasteiger partial charge in [-0.3, -0.25) is 0 Å². The van der Waals surface area contributed by atoms with Crippen molar-refractivity contribution in [1.82, 2.24) is 10.0 Å². The lowest BCUT2D eigenvalue weighted by molar-refractivity contribution is 0.540. The average Bonchev–Trinajstić information content (AvgIpc) is 3.10. The zero-order valence-corrected chi connectivity index (χ0v) is 14.5. The molecule has 0 aromatic carbocycles. The molecule has 1 saturated carbocycles. The van der Waals surface area contributed by atoms with Crippen LogP contribution in [0.25, 0.3) is 0 Å². The van der Waals surface area contributed by atoms with E-state index in [1.807, 2.05) is 6.07 Å². The van der Waals surface area contributed by atoms with Crippen LogP contribution in [0.1, 0.15) is 44.4 Å². The van der Waals surface area contributed by atoms with Gasteiger partial charge in [0.05, 0.1) is 0 Å². The third-order valence-electron chi connectivity index (χ3n) is 3.53. The molecular weight excluding hydrogens is 304 g/mol. The van der Waals surface area contributed by atoms with E-state index in [0.717, 1.165) is 30.7 Å². The van der Waals surface area contributed by atoms with E-state index in [2.05, 4.69) is 23.9 Å². The summed E-state index contributed by atoms with van der Waals surface area (Å²) in [4.78, 5) is 1.13. The highest BCUT2D eigenvalue weighted by molar-refractivity contribution is 7.91. The van der Waals surface area contributed by atoms with E-state index in [9.17, 15) is 8.42 Å². The largest absolute Gasteiger partial charge is 0.314 e. The number of nitrogens with one attached hydrogen (secondary N) is 2. The van der Waals surface area contributed by atoms with Crippen LogP contribution in [0.15, 0.2) is 16.3 Å². The van der Waals surface area contributed by atoms with E-state index in [-0.39, 0.29) is 0 Å². The van der Waals surface area contributed by atoms with Gasteiger partial charge in [0.15, 0.2) is 0 Å². The van der Waals surface area contributed by atoms with E-state index in [1.54, 1.807) is 6.07 Å². The maximum atomic E-state index is 12.2. The van der Waals surface area contributed by atoms with Crippen LogP contribution in [0.4, 0.5) is 0 Å². The van der Waals surface area contributed by atoms with Gasteiger partial charge in [-0.1, -0.05) is 13.8 Å². The molecule has 2 rings (SSSR count). The van der Waals surface area contributed by atoms with Gasteiger partial charge in [0.25, 0.3) is 0 Å². The molecular formula is C15H26N2O2S2. The van der Waals surface area contributed by atoms with E-state index in [1.165, 1.54) is 24.2 Å². The van der Waals surface area contributed by atoms with Crippen molar-refractivity contribution in [1.29, 1.82) is 0 Å². The molecule has 0 amide bonds. The Bertz CT molecular complexity index is 534. The van der Waals surface area contributed by atoms with Crippen LogP contribution in [0.2, 0.25) is 0 Å². The molecule has 6 heteroatoms. The van der Waals surface area contributed by atoms with Crippen molar-refractivity contribution in [3.63, 3.8) is 0 Å². The van der Waals surface area contributed by atoms with Gasteiger partial charge < -0.3 is 5.32 Å². The summed E-state index contributed by atoms with van der Waals surface area (Å²) in [6.45, 7) is 5.76. The minimum Gasteiger partial charge on any atom is -0.314 e. The van der Waals surface area contributed by atoms with Crippen molar-refractivity contribution >= 4 is 21.4 Å². The maximum Gasteiger partial charge on any atom is 0.250 e. The van der Waals surface area contributed by atoms with E-state index >= 15 is 0 Å². The van der Waals surface area contributed by atoms with Gasteiger partial charge in [-0.2, -0.15) is 0 Å². The molecule has 0 bridgehead atoms. The SMILES string of the molecule is CC(C)CCCNS(=O)(=O)c1ccc(CCNC2CC2)s1. The summed E-state index contributed by atoms with van der Waals surface area (Å²) in [5.74, 6) is 0.613.